The Hall–Kier alpha value is -1.71. The first-order chi connectivity index (χ1) is 13.5. The summed E-state index contributed by atoms with van der Waals surface area (Å²) in [6.45, 7) is 4.22. The number of hydrogen-bond donors (Lipinski definition) is 0. The molecule has 5 heteroatoms. The Labute approximate surface area is 177 Å². The second kappa shape index (κ2) is 8.34. The Balaban J connectivity index is 1.58. The van der Waals surface area contributed by atoms with Crippen molar-refractivity contribution < 1.29 is 4.79 Å². The number of hydrogen-bond acceptors (Lipinski definition) is 2. The summed E-state index contributed by atoms with van der Waals surface area (Å²) in [4.78, 5) is 17.1. The fraction of sp³-hybridized carbons (Fsp3) is 0.435. The molecule has 1 atom stereocenters. The molecule has 0 N–H and O–H groups in total. The fourth-order valence-electron chi connectivity index (χ4n) is 4.01. The smallest absolute Gasteiger partial charge is 0.222 e. The topological polar surface area (TPSA) is 23.6 Å². The molecular formula is C23H26Cl2N2O. The van der Waals surface area contributed by atoms with E-state index in [1.54, 1.807) is 0 Å². The van der Waals surface area contributed by atoms with Gasteiger partial charge in [0.2, 0.25) is 5.91 Å². The molecule has 2 aromatic rings. The number of rotatable bonds is 5. The van der Waals surface area contributed by atoms with Crippen LogP contribution in [-0.4, -0.2) is 30.4 Å². The van der Waals surface area contributed by atoms with Gasteiger partial charge in [-0.15, -0.1) is 0 Å². The van der Waals surface area contributed by atoms with E-state index in [4.69, 9.17) is 23.2 Å². The average Bonchev–Trinajstić information content (AvgIpc) is 3.51. The summed E-state index contributed by atoms with van der Waals surface area (Å²) in [5.41, 5.74) is 3.32. The van der Waals surface area contributed by atoms with Crippen LogP contribution in [0.2, 0.25) is 10.0 Å². The van der Waals surface area contributed by atoms with E-state index >= 15 is 0 Å². The van der Waals surface area contributed by atoms with Crippen molar-refractivity contribution in [3.05, 3.63) is 63.6 Å². The summed E-state index contributed by atoms with van der Waals surface area (Å²) in [5, 5.41) is 1.48. The molecule has 1 aliphatic heterocycles. The van der Waals surface area contributed by atoms with Gasteiger partial charge in [0.25, 0.3) is 0 Å². The molecule has 0 radical (unpaired) electrons. The number of carbonyl (C=O) groups excluding carboxylic acids is 1. The van der Waals surface area contributed by atoms with E-state index in [9.17, 15) is 4.79 Å². The number of nitrogens with zero attached hydrogens (tertiary/aromatic N) is 2. The van der Waals surface area contributed by atoms with Gasteiger partial charge in [0, 0.05) is 31.1 Å². The molecule has 148 valence electrons. The molecule has 4 rings (SSSR count). The first-order valence-corrected chi connectivity index (χ1v) is 10.8. The molecule has 28 heavy (non-hydrogen) atoms. The van der Waals surface area contributed by atoms with E-state index in [1.165, 1.54) is 12.8 Å². The van der Waals surface area contributed by atoms with Crippen molar-refractivity contribution in [3.8, 4) is 0 Å². The van der Waals surface area contributed by atoms with Gasteiger partial charge in [0.15, 0.2) is 0 Å². The van der Waals surface area contributed by atoms with Gasteiger partial charge in [-0.25, -0.2) is 0 Å². The lowest BCUT2D eigenvalue weighted by atomic mass is 10.0. The van der Waals surface area contributed by atoms with Crippen molar-refractivity contribution in [2.45, 2.75) is 38.6 Å². The van der Waals surface area contributed by atoms with Gasteiger partial charge >= 0.3 is 0 Å². The Kier molecular flexibility index (Phi) is 5.84. The minimum atomic E-state index is 0.0658. The molecule has 1 saturated heterocycles. The van der Waals surface area contributed by atoms with Crippen LogP contribution in [0.4, 0.5) is 5.69 Å². The highest BCUT2D eigenvalue weighted by molar-refractivity contribution is 6.33. The van der Waals surface area contributed by atoms with Crippen LogP contribution in [0.3, 0.4) is 0 Å². The van der Waals surface area contributed by atoms with Gasteiger partial charge in [-0.2, -0.15) is 0 Å². The van der Waals surface area contributed by atoms with Gasteiger partial charge in [-0.1, -0.05) is 54.2 Å². The summed E-state index contributed by atoms with van der Waals surface area (Å²) < 4.78 is 0. The number of carbonyl (C=O) groups is 1. The molecule has 0 unspecified atom stereocenters. The van der Waals surface area contributed by atoms with Crippen LogP contribution in [0.25, 0.3) is 0 Å². The first-order valence-electron chi connectivity index (χ1n) is 10.1. The predicted octanol–water partition coefficient (Wildman–Crippen LogP) is 5.88. The van der Waals surface area contributed by atoms with Crippen molar-refractivity contribution in [3.63, 3.8) is 0 Å². The molecule has 0 aromatic heterocycles. The molecule has 1 heterocycles. The van der Waals surface area contributed by atoms with Gasteiger partial charge < -0.3 is 9.80 Å². The summed E-state index contributed by atoms with van der Waals surface area (Å²) in [6, 6.07) is 14.2. The van der Waals surface area contributed by atoms with Crippen LogP contribution >= 0.6 is 23.2 Å². The second-order valence-corrected chi connectivity index (χ2v) is 8.88. The van der Waals surface area contributed by atoms with Crippen molar-refractivity contribution >= 4 is 34.8 Å². The number of aryl methyl sites for hydroxylation is 1. The Morgan fingerprint density at radius 2 is 1.82 bits per heavy atom. The predicted molar refractivity (Wildman–Crippen MR) is 116 cm³/mol. The molecule has 1 saturated carbocycles. The fourth-order valence-corrected chi connectivity index (χ4v) is 4.47. The molecule has 1 aliphatic carbocycles. The molecule has 0 spiro atoms. The molecule has 2 fully saturated rings. The van der Waals surface area contributed by atoms with Crippen LogP contribution < -0.4 is 4.90 Å². The minimum Gasteiger partial charge on any atom is -0.360 e. The van der Waals surface area contributed by atoms with Crippen LogP contribution in [0.15, 0.2) is 42.5 Å². The Morgan fingerprint density at radius 1 is 1.07 bits per heavy atom. The van der Waals surface area contributed by atoms with Crippen molar-refractivity contribution in [2.24, 2.45) is 5.92 Å². The van der Waals surface area contributed by atoms with Gasteiger partial charge in [0.1, 0.15) is 0 Å². The highest BCUT2D eigenvalue weighted by Crippen LogP contribution is 2.37. The van der Waals surface area contributed by atoms with Crippen LogP contribution in [0, 0.1) is 12.8 Å². The Morgan fingerprint density at radius 3 is 2.50 bits per heavy atom. The maximum atomic E-state index is 12.8. The summed E-state index contributed by atoms with van der Waals surface area (Å²) in [6.07, 6.45) is 4.29. The standard InChI is InChI=1S/C23H26Cl2N2O/c1-16-2-10-21(20(25)14-16)27-13-12-26(23(28)11-5-17-3-4-17)15-22(27)18-6-8-19(24)9-7-18/h2,6-10,14,17,22H,3-5,11-13,15H2,1H3/t22-/m0/s1. The third kappa shape index (κ3) is 4.47. The summed E-state index contributed by atoms with van der Waals surface area (Å²) in [7, 11) is 0. The normalized spacial score (nSPS) is 19.8. The van der Waals surface area contributed by atoms with Crippen LogP contribution in [-0.2, 0) is 4.79 Å². The minimum absolute atomic E-state index is 0.0658. The largest absolute Gasteiger partial charge is 0.360 e. The maximum absolute atomic E-state index is 12.8. The molecule has 1 amide bonds. The number of piperazine rings is 1. The lowest BCUT2D eigenvalue weighted by molar-refractivity contribution is -0.132. The zero-order valence-corrected chi connectivity index (χ0v) is 17.7. The van der Waals surface area contributed by atoms with Gasteiger partial charge in [-0.05, 0) is 54.7 Å². The molecular weight excluding hydrogens is 391 g/mol. The zero-order chi connectivity index (χ0) is 19.7. The third-order valence-electron chi connectivity index (χ3n) is 5.86. The second-order valence-electron chi connectivity index (χ2n) is 8.04. The quantitative estimate of drug-likeness (QED) is 0.606. The molecule has 3 nitrogen and oxygen atoms in total. The molecule has 2 aromatic carbocycles. The Bertz CT molecular complexity index is 848. The van der Waals surface area contributed by atoms with E-state index in [0.717, 1.165) is 52.3 Å². The highest BCUT2D eigenvalue weighted by atomic mass is 35.5. The zero-order valence-electron chi connectivity index (χ0n) is 16.2. The summed E-state index contributed by atoms with van der Waals surface area (Å²) >= 11 is 12.7. The van der Waals surface area contributed by atoms with E-state index < -0.39 is 0 Å². The van der Waals surface area contributed by atoms with E-state index in [0.29, 0.717) is 13.0 Å². The maximum Gasteiger partial charge on any atom is 0.222 e. The first kappa shape index (κ1) is 19.6. The van der Waals surface area contributed by atoms with E-state index in [1.807, 2.05) is 30.0 Å². The van der Waals surface area contributed by atoms with Crippen molar-refractivity contribution in [1.29, 1.82) is 0 Å². The van der Waals surface area contributed by atoms with Crippen molar-refractivity contribution in [2.75, 3.05) is 24.5 Å². The average molecular weight is 417 g/mol. The summed E-state index contributed by atoms with van der Waals surface area (Å²) in [5.74, 6) is 1.06. The molecule has 0 bridgehead atoms. The number of anilines is 1. The number of benzene rings is 2. The van der Waals surface area contributed by atoms with E-state index in [2.05, 4.69) is 29.2 Å². The lowest BCUT2D eigenvalue weighted by Crippen LogP contribution is -2.50. The number of halogens is 2. The van der Waals surface area contributed by atoms with Crippen molar-refractivity contribution in [1.82, 2.24) is 4.90 Å². The van der Waals surface area contributed by atoms with Crippen LogP contribution in [0.1, 0.15) is 42.9 Å². The third-order valence-corrected chi connectivity index (χ3v) is 6.42. The van der Waals surface area contributed by atoms with Gasteiger partial charge in [-0.3, -0.25) is 4.79 Å². The van der Waals surface area contributed by atoms with E-state index in [-0.39, 0.29) is 11.9 Å². The van der Waals surface area contributed by atoms with Gasteiger partial charge in [0.05, 0.1) is 16.8 Å². The monoisotopic (exact) mass is 416 g/mol. The lowest BCUT2D eigenvalue weighted by Gasteiger charge is -2.43. The highest BCUT2D eigenvalue weighted by Gasteiger charge is 2.32. The van der Waals surface area contributed by atoms with Crippen LogP contribution in [0.5, 0.6) is 0 Å². The SMILES string of the molecule is Cc1ccc(N2CCN(C(=O)CCC3CC3)C[C@H]2c2ccc(Cl)cc2)c(Cl)c1. The number of amides is 1. The molecule has 2 aliphatic rings.